The molecule has 0 radical (unpaired) electrons. The molecule has 1 N–H and O–H groups in total. The normalized spacial score (nSPS) is 10.6. The minimum Gasteiger partial charge on any atom is -0.317 e. The van der Waals surface area contributed by atoms with Gasteiger partial charge in [-0.05, 0) is 19.9 Å². The maximum Gasteiger partial charge on any atom is 0.146 e. The van der Waals surface area contributed by atoms with Crippen molar-refractivity contribution in [1.82, 2.24) is 20.1 Å². The first-order chi connectivity index (χ1) is 6.38. The molecule has 4 nitrogen and oxygen atoms in total. The van der Waals surface area contributed by atoms with Crippen molar-refractivity contribution in [3.05, 3.63) is 12.2 Å². The largest absolute Gasteiger partial charge is 0.317 e. The Balaban J connectivity index is 2.27. The third-order valence-corrected chi connectivity index (χ3v) is 1.81. The molecular weight excluding hydrogens is 171 g/mol. The molecule has 74 valence electrons. The molecule has 1 rings (SSSR count). The van der Waals surface area contributed by atoms with Crippen LogP contribution < -0.4 is 5.32 Å². The SMILES string of the molecule is CCn1cnnc1CNCCCF. The third-order valence-electron chi connectivity index (χ3n) is 1.81. The zero-order chi connectivity index (χ0) is 9.52. The summed E-state index contributed by atoms with van der Waals surface area (Å²) in [6.45, 7) is 3.98. The van der Waals surface area contributed by atoms with Gasteiger partial charge in [-0.25, -0.2) is 0 Å². The molecule has 0 aliphatic carbocycles. The van der Waals surface area contributed by atoms with E-state index in [0.717, 1.165) is 12.4 Å². The van der Waals surface area contributed by atoms with Crippen molar-refractivity contribution >= 4 is 0 Å². The van der Waals surface area contributed by atoms with Crippen LogP contribution in [0.4, 0.5) is 4.39 Å². The van der Waals surface area contributed by atoms with Gasteiger partial charge in [0.25, 0.3) is 0 Å². The summed E-state index contributed by atoms with van der Waals surface area (Å²) in [5.41, 5.74) is 0. The van der Waals surface area contributed by atoms with Crippen molar-refractivity contribution in [1.29, 1.82) is 0 Å². The number of nitrogens with zero attached hydrogens (tertiary/aromatic N) is 3. The maximum absolute atomic E-state index is 11.7. The van der Waals surface area contributed by atoms with E-state index in [-0.39, 0.29) is 6.67 Å². The van der Waals surface area contributed by atoms with Gasteiger partial charge in [-0.1, -0.05) is 0 Å². The molecule has 0 aliphatic rings. The molecule has 0 amide bonds. The van der Waals surface area contributed by atoms with Crippen LogP contribution in [0, 0.1) is 0 Å². The number of halogens is 1. The smallest absolute Gasteiger partial charge is 0.146 e. The Morgan fingerprint density at radius 3 is 3.15 bits per heavy atom. The fourth-order valence-electron chi connectivity index (χ4n) is 1.07. The van der Waals surface area contributed by atoms with Crippen LogP contribution in [-0.4, -0.2) is 28.0 Å². The van der Waals surface area contributed by atoms with Crippen LogP contribution in [0.5, 0.6) is 0 Å². The Morgan fingerprint density at radius 2 is 2.46 bits per heavy atom. The van der Waals surface area contributed by atoms with E-state index in [1.54, 1.807) is 6.33 Å². The van der Waals surface area contributed by atoms with Gasteiger partial charge < -0.3 is 9.88 Å². The van der Waals surface area contributed by atoms with E-state index < -0.39 is 0 Å². The van der Waals surface area contributed by atoms with Gasteiger partial charge in [-0.3, -0.25) is 4.39 Å². The van der Waals surface area contributed by atoms with Crippen LogP contribution in [0.3, 0.4) is 0 Å². The molecule has 0 atom stereocenters. The predicted molar refractivity (Wildman–Crippen MR) is 48.0 cm³/mol. The van der Waals surface area contributed by atoms with Gasteiger partial charge in [0.1, 0.15) is 12.2 Å². The second-order valence-corrected chi connectivity index (χ2v) is 2.75. The Kier molecular flexibility index (Phi) is 4.39. The quantitative estimate of drug-likeness (QED) is 0.666. The lowest BCUT2D eigenvalue weighted by atomic mass is 10.4. The third kappa shape index (κ3) is 3.10. The van der Waals surface area contributed by atoms with Crippen molar-refractivity contribution in [2.75, 3.05) is 13.2 Å². The predicted octanol–water partition coefficient (Wildman–Crippen LogP) is 0.747. The van der Waals surface area contributed by atoms with Crippen LogP contribution in [0.1, 0.15) is 19.2 Å². The van der Waals surface area contributed by atoms with Crippen LogP contribution >= 0.6 is 0 Å². The summed E-state index contributed by atoms with van der Waals surface area (Å²) < 4.78 is 13.7. The number of aryl methyl sites for hydroxylation is 1. The lowest BCUT2D eigenvalue weighted by Crippen LogP contribution is -2.18. The van der Waals surface area contributed by atoms with Crippen molar-refractivity contribution in [3.8, 4) is 0 Å². The van der Waals surface area contributed by atoms with E-state index in [0.29, 0.717) is 19.5 Å². The molecular formula is C8H15FN4. The van der Waals surface area contributed by atoms with Gasteiger partial charge in [0.15, 0.2) is 0 Å². The van der Waals surface area contributed by atoms with Crippen molar-refractivity contribution in [3.63, 3.8) is 0 Å². The summed E-state index contributed by atoms with van der Waals surface area (Å²) in [5.74, 6) is 0.904. The fraction of sp³-hybridized carbons (Fsp3) is 0.750. The molecule has 13 heavy (non-hydrogen) atoms. The first kappa shape index (κ1) is 10.1. The average Bonchev–Trinajstić information content (AvgIpc) is 2.60. The van der Waals surface area contributed by atoms with Gasteiger partial charge in [0, 0.05) is 6.54 Å². The zero-order valence-electron chi connectivity index (χ0n) is 7.83. The lowest BCUT2D eigenvalue weighted by molar-refractivity contribution is 0.456. The minimum absolute atomic E-state index is 0.270. The first-order valence-electron chi connectivity index (χ1n) is 4.51. The highest BCUT2D eigenvalue weighted by molar-refractivity contribution is 4.84. The molecule has 1 aromatic heterocycles. The molecule has 0 saturated heterocycles. The summed E-state index contributed by atoms with van der Waals surface area (Å²) in [7, 11) is 0. The number of alkyl halides is 1. The zero-order valence-corrected chi connectivity index (χ0v) is 7.83. The summed E-state index contributed by atoms with van der Waals surface area (Å²) in [4.78, 5) is 0. The molecule has 0 unspecified atom stereocenters. The standard InChI is InChI=1S/C8H15FN4/c1-2-13-7-11-12-8(13)6-10-5-3-4-9/h7,10H,2-6H2,1H3. The Morgan fingerprint density at radius 1 is 1.62 bits per heavy atom. The van der Waals surface area contributed by atoms with Crippen LogP contribution in [-0.2, 0) is 13.1 Å². The maximum atomic E-state index is 11.7. The van der Waals surface area contributed by atoms with E-state index in [9.17, 15) is 4.39 Å². The number of nitrogens with one attached hydrogen (secondary N) is 1. The van der Waals surface area contributed by atoms with E-state index in [1.807, 2.05) is 11.5 Å². The second-order valence-electron chi connectivity index (χ2n) is 2.75. The monoisotopic (exact) mass is 186 g/mol. The average molecular weight is 186 g/mol. The highest BCUT2D eigenvalue weighted by Crippen LogP contribution is 1.93. The molecule has 0 aromatic carbocycles. The Labute approximate surface area is 77.2 Å². The van der Waals surface area contributed by atoms with Crippen LogP contribution in [0.25, 0.3) is 0 Å². The van der Waals surface area contributed by atoms with E-state index in [1.165, 1.54) is 0 Å². The lowest BCUT2D eigenvalue weighted by Gasteiger charge is -2.03. The fourth-order valence-corrected chi connectivity index (χ4v) is 1.07. The van der Waals surface area contributed by atoms with E-state index >= 15 is 0 Å². The molecule has 1 aromatic rings. The molecule has 1 heterocycles. The van der Waals surface area contributed by atoms with Gasteiger partial charge in [-0.15, -0.1) is 10.2 Å². The molecule has 0 spiro atoms. The van der Waals surface area contributed by atoms with Gasteiger partial charge in [-0.2, -0.15) is 0 Å². The minimum atomic E-state index is -0.270. The summed E-state index contributed by atoms with van der Waals surface area (Å²) in [5, 5.41) is 10.8. The summed E-state index contributed by atoms with van der Waals surface area (Å²) in [6, 6.07) is 0. The molecule has 0 saturated carbocycles. The van der Waals surface area contributed by atoms with E-state index in [4.69, 9.17) is 0 Å². The first-order valence-corrected chi connectivity index (χ1v) is 4.51. The molecule has 0 fully saturated rings. The second kappa shape index (κ2) is 5.64. The van der Waals surface area contributed by atoms with Gasteiger partial charge in [0.2, 0.25) is 0 Å². The summed E-state index contributed by atoms with van der Waals surface area (Å²) >= 11 is 0. The van der Waals surface area contributed by atoms with Crippen molar-refractivity contribution in [2.24, 2.45) is 0 Å². The van der Waals surface area contributed by atoms with E-state index in [2.05, 4.69) is 15.5 Å². The molecule has 0 bridgehead atoms. The summed E-state index contributed by atoms with van der Waals surface area (Å²) in [6.07, 6.45) is 2.26. The topological polar surface area (TPSA) is 42.7 Å². The van der Waals surface area contributed by atoms with Crippen molar-refractivity contribution < 1.29 is 4.39 Å². The van der Waals surface area contributed by atoms with Gasteiger partial charge in [0.05, 0.1) is 13.2 Å². The van der Waals surface area contributed by atoms with Crippen LogP contribution in [0.15, 0.2) is 6.33 Å². The number of aromatic nitrogens is 3. The Bertz CT molecular complexity index is 236. The number of hydrogen-bond donors (Lipinski definition) is 1. The highest BCUT2D eigenvalue weighted by atomic mass is 19.1. The highest BCUT2D eigenvalue weighted by Gasteiger charge is 2.00. The van der Waals surface area contributed by atoms with Crippen molar-refractivity contribution in [2.45, 2.75) is 26.4 Å². The van der Waals surface area contributed by atoms with Gasteiger partial charge >= 0.3 is 0 Å². The van der Waals surface area contributed by atoms with Crippen LogP contribution in [0.2, 0.25) is 0 Å². The molecule has 5 heteroatoms. The molecule has 0 aliphatic heterocycles. The number of rotatable bonds is 6. The number of hydrogen-bond acceptors (Lipinski definition) is 3. The Hall–Kier alpha value is -0.970.